The van der Waals surface area contributed by atoms with E-state index in [4.69, 9.17) is 0 Å². The van der Waals surface area contributed by atoms with E-state index in [1.807, 2.05) is 36.1 Å². The molecule has 0 spiro atoms. The summed E-state index contributed by atoms with van der Waals surface area (Å²) in [5.74, 6) is -0.203. The summed E-state index contributed by atoms with van der Waals surface area (Å²) in [5.41, 5.74) is 3.24. The van der Waals surface area contributed by atoms with Gasteiger partial charge in [0.15, 0.2) is 0 Å². The van der Waals surface area contributed by atoms with Crippen LogP contribution in [0.5, 0.6) is 5.75 Å². The number of rotatable bonds is 5. The van der Waals surface area contributed by atoms with Gasteiger partial charge in [0, 0.05) is 31.9 Å². The molecule has 0 aromatic heterocycles. The predicted octanol–water partition coefficient (Wildman–Crippen LogP) is 2.66. The van der Waals surface area contributed by atoms with E-state index in [1.54, 1.807) is 23.1 Å². The highest BCUT2D eigenvalue weighted by Gasteiger charge is 2.25. The summed E-state index contributed by atoms with van der Waals surface area (Å²) in [6, 6.07) is 12.9. The number of aryl methyl sites for hydroxylation is 2. The van der Waals surface area contributed by atoms with Crippen LogP contribution in [0.2, 0.25) is 0 Å². The summed E-state index contributed by atoms with van der Waals surface area (Å²) in [6.45, 7) is 6.57. The van der Waals surface area contributed by atoms with Crippen LogP contribution < -0.4 is 5.32 Å². The number of carbonyl (C=O) groups is 2. The second-order valence-electron chi connectivity index (χ2n) is 7.15. The summed E-state index contributed by atoms with van der Waals surface area (Å²) in [7, 11) is 0. The number of carbonyl (C=O) groups excluding carboxylic acids is 2. The van der Waals surface area contributed by atoms with Gasteiger partial charge in [0.05, 0.1) is 12.1 Å². The van der Waals surface area contributed by atoms with Gasteiger partial charge in [-0.15, -0.1) is 0 Å². The average molecular weight is 381 g/mol. The number of anilines is 1. The van der Waals surface area contributed by atoms with Gasteiger partial charge in [-0.1, -0.05) is 36.8 Å². The quantitative estimate of drug-likeness (QED) is 0.835. The van der Waals surface area contributed by atoms with Gasteiger partial charge in [0.25, 0.3) is 5.91 Å². The van der Waals surface area contributed by atoms with Crippen LogP contribution in [0.1, 0.15) is 28.4 Å². The SMILES string of the molecule is CCc1ccccc1NC(=O)CN1CCN(C(=O)c2cc(C)ccc2O)CC1. The van der Waals surface area contributed by atoms with E-state index in [2.05, 4.69) is 12.2 Å². The van der Waals surface area contributed by atoms with Gasteiger partial charge >= 0.3 is 0 Å². The van der Waals surface area contributed by atoms with E-state index in [0.29, 0.717) is 38.3 Å². The molecular formula is C22H27N3O3. The number of amides is 2. The number of hydrogen-bond donors (Lipinski definition) is 2. The highest BCUT2D eigenvalue weighted by atomic mass is 16.3. The average Bonchev–Trinajstić information content (AvgIpc) is 2.70. The molecule has 3 rings (SSSR count). The van der Waals surface area contributed by atoms with E-state index in [-0.39, 0.29) is 17.6 Å². The molecule has 1 aliphatic heterocycles. The number of para-hydroxylation sites is 1. The molecule has 1 heterocycles. The fourth-order valence-corrected chi connectivity index (χ4v) is 3.44. The lowest BCUT2D eigenvalue weighted by atomic mass is 10.1. The first kappa shape index (κ1) is 19.9. The largest absolute Gasteiger partial charge is 0.507 e. The fraction of sp³-hybridized carbons (Fsp3) is 0.364. The Hall–Kier alpha value is -2.86. The lowest BCUT2D eigenvalue weighted by Crippen LogP contribution is -2.50. The highest BCUT2D eigenvalue weighted by Crippen LogP contribution is 2.21. The minimum absolute atomic E-state index is 0.00648. The maximum absolute atomic E-state index is 12.7. The van der Waals surface area contributed by atoms with Gasteiger partial charge in [-0.3, -0.25) is 14.5 Å². The molecule has 2 aromatic rings. The van der Waals surface area contributed by atoms with Crippen LogP contribution in [0, 0.1) is 6.92 Å². The molecule has 0 radical (unpaired) electrons. The third kappa shape index (κ3) is 4.70. The molecule has 1 saturated heterocycles. The number of hydrogen-bond acceptors (Lipinski definition) is 4. The molecule has 0 atom stereocenters. The Morgan fingerprint density at radius 3 is 2.50 bits per heavy atom. The monoisotopic (exact) mass is 381 g/mol. The van der Waals surface area contributed by atoms with Crippen molar-refractivity contribution in [3.63, 3.8) is 0 Å². The van der Waals surface area contributed by atoms with Crippen molar-refractivity contribution < 1.29 is 14.7 Å². The van der Waals surface area contributed by atoms with Crippen molar-refractivity contribution >= 4 is 17.5 Å². The minimum atomic E-state index is -0.165. The molecule has 2 N–H and O–H groups in total. The van der Waals surface area contributed by atoms with Crippen molar-refractivity contribution in [2.24, 2.45) is 0 Å². The number of benzene rings is 2. The lowest BCUT2D eigenvalue weighted by molar-refractivity contribution is -0.117. The van der Waals surface area contributed by atoms with Crippen LogP contribution in [0.4, 0.5) is 5.69 Å². The molecule has 0 aliphatic carbocycles. The molecule has 0 saturated carbocycles. The van der Waals surface area contributed by atoms with Crippen LogP contribution in [-0.4, -0.2) is 59.4 Å². The summed E-state index contributed by atoms with van der Waals surface area (Å²) < 4.78 is 0. The molecule has 148 valence electrons. The Morgan fingerprint density at radius 1 is 1.07 bits per heavy atom. The lowest BCUT2D eigenvalue weighted by Gasteiger charge is -2.34. The maximum atomic E-state index is 12.7. The molecule has 28 heavy (non-hydrogen) atoms. The van der Waals surface area contributed by atoms with Crippen molar-refractivity contribution in [2.45, 2.75) is 20.3 Å². The van der Waals surface area contributed by atoms with Crippen molar-refractivity contribution in [2.75, 3.05) is 38.0 Å². The van der Waals surface area contributed by atoms with Gasteiger partial charge in [0.1, 0.15) is 5.75 Å². The first-order valence-electron chi connectivity index (χ1n) is 9.67. The van der Waals surface area contributed by atoms with Crippen molar-refractivity contribution in [1.82, 2.24) is 9.80 Å². The number of piperazine rings is 1. The fourth-order valence-electron chi connectivity index (χ4n) is 3.44. The second kappa shape index (κ2) is 8.89. The van der Waals surface area contributed by atoms with Crippen molar-refractivity contribution in [3.05, 3.63) is 59.2 Å². The zero-order chi connectivity index (χ0) is 20.1. The zero-order valence-corrected chi connectivity index (χ0v) is 16.4. The highest BCUT2D eigenvalue weighted by molar-refractivity contribution is 5.97. The van der Waals surface area contributed by atoms with E-state index < -0.39 is 0 Å². The maximum Gasteiger partial charge on any atom is 0.257 e. The van der Waals surface area contributed by atoms with Gasteiger partial charge in [0.2, 0.25) is 5.91 Å². The Morgan fingerprint density at radius 2 is 1.79 bits per heavy atom. The molecule has 6 nitrogen and oxygen atoms in total. The smallest absolute Gasteiger partial charge is 0.257 e. The number of phenols is 1. The van der Waals surface area contributed by atoms with Gasteiger partial charge in [-0.25, -0.2) is 0 Å². The van der Waals surface area contributed by atoms with Crippen LogP contribution in [0.3, 0.4) is 0 Å². The third-order valence-electron chi connectivity index (χ3n) is 5.08. The number of phenolic OH excluding ortho intramolecular Hbond substituents is 1. The van der Waals surface area contributed by atoms with E-state index in [0.717, 1.165) is 23.2 Å². The van der Waals surface area contributed by atoms with Crippen LogP contribution in [0.15, 0.2) is 42.5 Å². The molecular weight excluding hydrogens is 354 g/mol. The van der Waals surface area contributed by atoms with Crippen LogP contribution in [0.25, 0.3) is 0 Å². The summed E-state index contributed by atoms with van der Waals surface area (Å²) in [6.07, 6.45) is 0.864. The summed E-state index contributed by atoms with van der Waals surface area (Å²) in [4.78, 5) is 28.9. The zero-order valence-electron chi connectivity index (χ0n) is 16.4. The van der Waals surface area contributed by atoms with Gasteiger partial charge in [-0.2, -0.15) is 0 Å². The van der Waals surface area contributed by atoms with Crippen LogP contribution >= 0.6 is 0 Å². The molecule has 6 heteroatoms. The number of nitrogens with zero attached hydrogens (tertiary/aromatic N) is 2. The van der Waals surface area contributed by atoms with Gasteiger partial charge in [-0.05, 0) is 37.1 Å². The standard InChI is InChI=1S/C22H27N3O3/c1-3-17-6-4-5-7-19(17)23-21(27)15-24-10-12-25(13-11-24)22(28)18-14-16(2)8-9-20(18)26/h4-9,14,26H,3,10-13,15H2,1-2H3,(H,23,27). The Balaban J connectivity index is 1.53. The molecule has 0 unspecified atom stereocenters. The number of nitrogens with one attached hydrogen (secondary N) is 1. The topological polar surface area (TPSA) is 72.9 Å². The Kier molecular flexibility index (Phi) is 6.31. The van der Waals surface area contributed by atoms with Crippen molar-refractivity contribution in [3.8, 4) is 5.75 Å². The minimum Gasteiger partial charge on any atom is -0.507 e. The number of aromatic hydroxyl groups is 1. The Labute approximate surface area is 165 Å². The summed E-state index contributed by atoms with van der Waals surface area (Å²) >= 11 is 0. The summed E-state index contributed by atoms with van der Waals surface area (Å²) in [5, 5.41) is 13.0. The first-order chi connectivity index (χ1) is 13.5. The molecule has 1 aliphatic rings. The van der Waals surface area contributed by atoms with Crippen molar-refractivity contribution in [1.29, 1.82) is 0 Å². The first-order valence-corrected chi connectivity index (χ1v) is 9.67. The third-order valence-corrected chi connectivity index (χ3v) is 5.08. The van der Waals surface area contributed by atoms with Gasteiger partial charge < -0.3 is 15.3 Å². The van der Waals surface area contributed by atoms with E-state index in [9.17, 15) is 14.7 Å². The normalized spacial score (nSPS) is 14.7. The van der Waals surface area contributed by atoms with E-state index in [1.165, 1.54) is 0 Å². The second-order valence-corrected chi connectivity index (χ2v) is 7.15. The molecule has 2 amide bonds. The van der Waals surface area contributed by atoms with E-state index >= 15 is 0 Å². The molecule has 1 fully saturated rings. The molecule has 0 bridgehead atoms. The predicted molar refractivity (Wildman–Crippen MR) is 110 cm³/mol. The van der Waals surface area contributed by atoms with Crippen LogP contribution in [-0.2, 0) is 11.2 Å². The molecule has 2 aromatic carbocycles. The Bertz CT molecular complexity index is 858.